The van der Waals surface area contributed by atoms with Crippen LogP contribution >= 0.6 is 0 Å². The third-order valence-corrected chi connectivity index (χ3v) is 26.6. The molecular weight excluding hydrogens is 1550 g/mol. The maximum Gasteiger partial charge on any atom is 0.0725 e. The number of rotatable bonds is 22. The summed E-state index contributed by atoms with van der Waals surface area (Å²) in [5.41, 5.74) is 50.4. The summed E-state index contributed by atoms with van der Waals surface area (Å²) in [6.45, 7) is 62.3. The molecule has 0 atom stereocenters. The summed E-state index contributed by atoms with van der Waals surface area (Å²) in [6.07, 6.45) is 26.8. The molecule has 0 saturated heterocycles. The average molecular weight is 1720 g/mol. The van der Waals surface area contributed by atoms with E-state index < -0.39 is 0 Å². The van der Waals surface area contributed by atoms with E-state index in [1.165, 1.54) is 312 Å². The van der Waals surface area contributed by atoms with E-state index >= 15 is 0 Å². The minimum Gasteiger partial charge on any atom is -0.0654 e. The molecule has 0 aliphatic heterocycles. The van der Waals surface area contributed by atoms with Crippen molar-refractivity contribution in [2.75, 3.05) is 0 Å². The standard InChI is InChI=1S/C35H36.C20H18.C20H34.C15H24.C14H22.C9H12.2C8H10/c1-21-9-13-25-26-14-10-22(2)18-30(26)35(29(25)17-21)31-19-23(33(3,4)5)11-15-27(31)28-16-12-24(20-32(28)35)34(6,7)8;1-15-13-20(18-11-7-4-8-12-18)16(2)14-19(15)17-9-5-3-6-10-17;1-5-7-9-11-13-19-15-18(4)20(16-17(19)3)14-12-10-8-6-2;1-5-6-7-8-9-15-11-13(3)12(2)10-14(15)4;1-4-5-6-7-8-14-10-12(2)9-13(3)11-14;1-7-5-4-6-8(2)9(7)3;1-7-3-5-8(2)6-4-7;1-7-4-3-5-8(2)6-7/h9-20H,1-8H3;3-14H,1-2H3;15-16H,5-14H2,1-4H3;10-11H,5-9H2,1-4H3;9-11H,4-8H2,1-3H3;4-6H,1-3H3;2*3-6H,1-2H3. The summed E-state index contributed by atoms with van der Waals surface area (Å²) in [5, 5.41) is 0. The first kappa shape index (κ1) is 104. The molecule has 0 aromatic heterocycles. The van der Waals surface area contributed by atoms with Crippen molar-refractivity contribution in [1.29, 1.82) is 0 Å². The van der Waals surface area contributed by atoms with Crippen LogP contribution in [-0.2, 0) is 41.9 Å². The fourth-order valence-corrected chi connectivity index (χ4v) is 18.4. The van der Waals surface area contributed by atoms with Gasteiger partial charge in [0.2, 0.25) is 0 Å². The van der Waals surface area contributed by atoms with Crippen LogP contribution in [0.1, 0.15) is 328 Å². The molecule has 0 nitrogen and oxygen atoms in total. The van der Waals surface area contributed by atoms with Gasteiger partial charge in [-0.2, -0.15) is 0 Å². The van der Waals surface area contributed by atoms with Gasteiger partial charge in [0, 0.05) is 0 Å². The van der Waals surface area contributed by atoms with Crippen molar-refractivity contribution in [3.8, 4) is 44.5 Å². The Bertz CT molecular complexity index is 5340. The Morgan fingerprint density at radius 3 is 0.845 bits per heavy atom. The van der Waals surface area contributed by atoms with Gasteiger partial charge in [-0.15, -0.1) is 0 Å². The highest BCUT2D eigenvalue weighted by atomic mass is 14.5. The summed E-state index contributed by atoms with van der Waals surface area (Å²) in [5.74, 6) is 0. The van der Waals surface area contributed by atoms with Crippen LogP contribution in [-0.4, -0.2) is 0 Å². The molecule has 0 bridgehead atoms. The summed E-state index contributed by atoms with van der Waals surface area (Å²) in [4.78, 5) is 0. The summed E-state index contributed by atoms with van der Waals surface area (Å²) in [6, 6.07) is 94.3. The molecule has 15 rings (SSSR count). The maximum atomic E-state index is 2.52. The van der Waals surface area contributed by atoms with Crippen molar-refractivity contribution in [3.05, 3.63) is 411 Å². The van der Waals surface area contributed by atoms with Gasteiger partial charge in [-0.3, -0.25) is 0 Å². The Balaban J connectivity index is 0.000000192. The minimum absolute atomic E-state index is 0.0883. The van der Waals surface area contributed by atoms with E-state index in [-0.39, 0.29) is 16.2 Å². The van der Waals surface area contributed by atoms with Gasteiger partial charge in [0.25, 0.3) is 0 Å². The number of benzene rings is 13. The Kier molecular flexibility index (Phi) is 41.1. The quantitative estimate of drug-likeness (QED) is 0.0593. The maximum absolute atomic E-state index is 2.52. The second kappa shape index (κ2) is 50.9. The van der Waals surface area contributed by atoms with Crippen molar-refractivity contribution in [1.82, 2.24) is 0 Å². The summed E-state index contributed by atoms with van der Waals surface area (Å²) >= 11 is 0. The molecule has 0 unspecified atom stereocenters. The second-order valence-corrected chi connectivity index (χ2v) is 40.2. The first-order valence-corrected chi connectivity index (χ1v) is 49.6. The lowest BCUT2D eigenvalue weighted by molar-refractivity contribution is 0.586. The summed E-state index contributed by atoms with van der Waals surface area (Å²) in [7, 11) is 0. The molecule has 0 N–H and O–H groups in total. The SMILES string of the molecule is CCCCCCc1cc(C)c(C)cc1C.CCCCCCc1cc(C)c(CCCCCC)cc1C.CCCCCCc1cc(C)cc(C)c1.Cc1cc(-c2ccccc2)c(C)cc1-c1ccccc1.Cc1ccc(C)cc1.Cc1ccc2c(c1)C1(c3cc(C)ccc3-2)c2cc(C(C)(C)C)ccc2-c2ccc(C(C)(C)C)cc21.Cc1cccc(C)c1.Cc1cccc(C)c1C. The zero-order valence-electron chi connectivity index (χ0n) is 85.9. The molecule has 13 aromatic carbocycles. The Morgan fingerprint density at radius 1 is 0.202 bits per heavy atom. The molecule has 0 radical (unpaired) electrons. The third-order valence-electron chi connectivity index (χ3n) is 26.6. The first-order chi connectivity index (χ1) is 61.5. The Labute approximate surface area is 788 Å². The summed E-state index contributed by atoms with van der Waals surface area (Å²) < 4.78 is 0. The van der Waals surface area contributed by atoms with Crippen LogP contribution in [0.5, 0.6) is 0 Å². The largest absolute Gasteiger partial charge is 0.0725 e. The van der Waals surface area contributed by atoms with Gasteiger partial charge < -0.3 is 0 Å². The average Bonchev–Trinajstić information content (AvgIpc) is 1.50. The minimum atomic E-state index is -0.282. The van der Waals surface area contributed by atoms with E-state index in [1.807, 2.05) is 0 Å². The van der Waals surface area contributed by atoms with Crippen molar-refractivity contribution in [2.45, 2.75) is 339 Å². The normalized spacial score (nSPS) is 11.6. The van der Waals surface area contributed by atoms with E-state index in [1.54, 1.807) is 16.7 Å². The van der Waals surface area contributed by atoms with Crippen LogP contribution in [0.4, 0.5) is 0 Å². The number of hydrogen-bond donors (Lipinski definition) is 0. The lowest BCUT2D eigenvalue weighted by Gasteiger charge is -2.33. The lowest BCUT2D eigenvalue weighted by atomic mass is 9.68. The number of fused-ring (bicyclic) bond motifs is 10. The smallest absolute Gasteiger partial charge is 0.0654 e. The van der Waals surface area contributed by atoms with Crippen molar-refractivity contribution < 1.29 is 0 Å². The monoisotopic (exact) mass is 1720 g/mol. The van der Waals surface area contributed by atoms with E-state index in [4.69, 9.17) is 0 Å². The fraction of sp³-hybridized carbons (Fsp3) is 0.395. The van der Waals surface area contributed by atoms with E-state index in [0.717, 1.165) is 0 Å². The molecule has 1 spiro atoms. The topological polar surface area (TPSA) is 0 Å². The molecule has 0 amide bonds. The van der Waals surface area contributed by atoms with Gasteiger partial charge in [0.15, 0.2) is 0 Å². The van der Waals surface area contributed by atoms with E-state index in [9.17, 15) is 0 Å². The molecule has 0 heteroatoms. The first-order valence-electron chi connectivity index (χ1n) is 49.6. The predicted octanol–water partition coefficient (Wildman–Crippen LogP) is 37.8. The van der Waals surface area contributed by atoms with E-state index in [2.05, 4.69) is 449 Å². The lowest BCUT2D eigenvalue weighted by Crippen LogP contribution is -2.27. The highest BCUT2D eigenvalue weighted by Gasteiger charge is 2.52. The van der Waals surface area contributed by atoms with Gasteiger partial charge in [0.1, 0.15) is 0 Å². The molecule has 2 aliphatic carbocycles. The second-order valence-electron chi connectivity index (χ2n) is 40.2. The van der Waals surface area contributed by atoms with Crippen molar-refractivity contribution in [3.63, 3.8) is 0 Å². The van der Waals surface area contributed by atoms with Gasteiger partial charge in [0.05, 0.1) is 5.41 Å². The molecule has 0 fully saturated rings. The highest BCUT2D eigenvalue weighted by molar-refractivity contribution is 5.95. The van der Waals surface area contributed by atoms with E-state index in [0.29, 0.717) is 0 Å². The molecule has 129 heavy (non-hydrogen) atoms. The Hall–Kier alpha value is -10.1. The van der Waals surface area contributed by atoms with Gasteiger partial charge in [-0.05, 0) is 343 Å². The molecule has 0 heterocycles. The van der Waals surface area contributed by atoms with Crippen LogP contribution in [0.15, 0.2) is 255 Å². The van der Waals surface area contributed by atoms with Crippen LogP contribution < -0.4 is 0 Å². The van der Waals surface area contributed by atoms with Gasteiger partial charge in [-0.1, -0.05) is 446 Å². The Morgan fingerprint density at radius 2 is 0.504 bits per heavy atom. The van der Waals surface area contributed by atoms with Crippen molar-refractivity contribution >= 4 is 0 Å². The molecule has 0 saturated carbocycles. The highest BCUT2D eigenvalue weighted by Crippen LogP contribution is 2.64. The van der Waals surface area contributed by atoms with Crippen LogP contribution in [0.25, 0.3) is 44.5 Å². The van der Waals surface area contributed by atoms with Crippen LogP contribution in [0.3, 0.4) is 0 Å². The zero-order valence-corrected chi connectivity index (χ0v) is 85.9. The number of aryl methyl sites for hydroxylation is 21. The molecular formula is C129H166. The molecule has 2 aliphatic rings. The fourth-order valence-electron chi connectivity index (χ4n) is 18.4. The number of unbranched alkanes of at least 4 members (excludes halogenated alkanes) is 12. The van der Waals surface area contributed by atoms with Crippen LogP contribution in [0, 0.1) is 125 Å². The third kappa shape index (κ3) is 30.5. The van der Waals surface area contributed by atoms with Gasteiger partial charge >= 0.3 is 0 Å². The van der Waals surface area contributed by atoms with Gasteiger partial charge in [-0.25, -0.2) is 0 Å². The predicted molar refractivity (Wildman–Crippen MR) is 573 cm³/mol. The van der Waals surface area contributed by atoms with Crippen LogP contribution in [0.2, 0.25) is 0 Å². The number of hydrogen-bond acceptors (Lipinski definition) is 0. The zero-order chi connectivity index (χ0) is 94.1. The molecule has 682 valence electrons. The van der Waals surface area contributed by atoms with Crippen molar-refractivity contribution in [2.24, 2.45) is 0 Å². The molecule has 13 aromatic rings.